The van der Waals surface area contributed by atoms with E-state index in [4.69, 9.17) is 5.73 Å². The highest BCUT2D eigenvalue weighted by Gasteiger charge is 2.26. The molecular formula is C16H24BrN3. The molecule has 0 saturated heterocycles. The third kappa shape index (κ3) is 3.98. The van der Waals surface area contributed by atoms with Gasteiger partial charge in [-0.3, -0.25) is 4.99 Å². The first-order chi connectivity index (χ1) is 9.72. The van der Waals surface area contributed by atoms with Crippen LogP contribution in [-0.4, -0.2) is 18.5 Å². The molecule has 1 atom stereocenters. The van der Waals surface area contributed by atoms with Crippen LogP contribution >= 0.6 is 15.9 Å². The lowest BCUT2D eigenvalue weighted by molar-refractivity contribution is 0.555. The summed E-state index contributed by atoms with van der Waals surface area (Å²) in [5.41, 5.74) is 7.20. The van der Waals surface area contributed by atoms with Gasteiger partial charge in [-0.05, 0) is 30.7 Å². The van der Waals surface area contributed by atoms with Crippen LogP contribution in [0.15, 0.2) is 33.7 Å². The van der Waals surface area contributed by atoms with Crippen molar-refractivity contribution >= 4 is 27.6 Å². The summed E-state index contributed by atoms with van der Waals surface area (Å²) in [5.74, 6) is 0.658. The Hall–Kier alpha value is -1.03. The fraction of sp³-hybridized carbons (Fsp3) is 0.562. The summed E-state index contributed by atoms with van der Waals surface area (Å²) in [7, 11) is 0. The molecule has 0 radical (unpaired) electrons. The van der Waals surface area contributed by atoms with Gasteiger partial charge in [-0.1, -0.05) is 55.0 Å². The molecule has 0 fully saturated rings. The molecule has 1 heterocycles. The first-order valence-electron chi connectivity index (χ1n) is 7.57. The van der Waals surface area contributed by atoms with Gasteiger partial charge in [0.15, 0.2) is 5.96 Å². The topological polar surface area (TPSA) is 41.6 Å². The maximum atomic E-state index is 6.06. The molecule has 1 aliphatic heterocycles. The van der Waals surface area contributed by atoms with E-state index in [1.165, 1.54) is 38.5 Å². The van der Waals surface area contributed by atoms with E-state index in [0.29, 0.717) is 12.0 Å². The molecule has 2 rings (SSSR count). The molecule has 0 spiro atoms. The highest BCUT2D eigenvalue weighted by Crippen LogP contribution is 2.25. The third-order valence-electron chi connectivity index (χ3n) is 3.82. The second-order valence-electron chi connectivity index (χ2n) is 5.40. The van der Waals surface area contributed by atoms with Crippen LogP contribution < -0.4 is 10.6 Å². The van der Waals surface area contributed by atoms with E-state index in [0.717, 1.165) is 16.7 Å². The highest BCUT2D eigenvalue weighted by atomic mass is 79.9. The minimum Gasteiger partial charge on any atom is -0.370 e. The largest absolute Gasteiger partial charge is 0.370 e. The number of nitrogens with zero attached hydrogens (tertiary/aromatic N) is 2. The van der Waals surface area contributed by atoms with Crippen molar-refractivity contribution in [2.75, 3.05) is 11.4 Å². The quantitative estimate of drug-likeness (QED) is 0.753. The molecule has 4 heteroatoms. The van der Waals surface area contributed by atoms with Gasteiger partial charge in [0.05, 0.1) is 12.6 Å². The van der Waals surface area contributed by atoms with Gasteiger partial charge in [0, 0.05) is 10.2 Å². The molecule has 1 unspecified atom stereocenters. The van der Waals surface area contributed by atoms with E-state index in [1.54, 1.807) is 0 Å². The van der Waals surface area contributed by atoms with Gasteiger partial charge in [0.1, 0.15) is 0 Å². The van der Waals surface area contributed by atoms with E-state index < -0.39 is 0 Å². The van der Waals surface area contributed by atoms with E-state index in [9.17, 15) is 0 Å². The first-order valence-corrected chi connectivity index (χ1v) is 8.36. The molecule has 0 amide bonds. The van der Waals surface area contributed by atoms with Crippen LogP contribution in [0.25, 0.3) is 0 Å². The maximum absolute atomic E-state index is 6.06. The van der Waals surface area contributed by atoms with E-state index in [-0.39, 0.29) is 0 Å². The Balaban J connectivity index is 1.91. The molecule has 0 saturated carbocycles. The molecule has 2 N–H and O–H groups in total. The Labute approximate surface area is 130 Å². The second-order valence-corrected chi connectivity index (χ2v) is 6.32. The van der Waals surface area contributed by atoms with E-state index in [1.807, 2.05) is 0 Å². The summed E-state index contributed by atoms with van der Waals surface area (Å²) in [6, 6.07) is 8.74. The molecular weight excluding hydrogens is 314 g/mol. The van der Waals surface area contributed by atoms with Crippen LogP contribution in [0, 0.1) is 0 Å². The zero-order valence-electron chi connectivity index (χ0n) is 12.2. The lowest BCUT2D eigenvalue weighted by Gasteiger charge is -2.26. The zero-order valence-corrected chi connectivity index (χ0v) is 13.8. The van der Waals surface area contributed by atoms with Crippen molar-refractivity contribution in [3.63, 3.8) is 0 Å². The average molecular weight is 338 g/mol. The molecule has 110 valence electrons. The van der Waals surface area contributed by atoms with Crippen molar-refractivity contribution in [2.24, 2.45) is 10.7 Å². The third-order valence-corrected chi connectivity index (χ3v) is 4.35. The summed E-state index contributed by atoms with van der Waals surface area (Å²) in [4.78, 5) is 6.61. The Kier molecular flexibility index (Phi) is 5.89. The predicted octanol–water partition coefficient (Wildman–Crippen LogP) is 4.31. The van der Waals surface area contributed by atoms with Crippen LogP contribution in [0.4, 0.5) is 5.69 Å². The number of hydrogen-bond acceptors (Lipinski definition) is 3. The molecule has 1 aromatic carbocycles. The SMILES string of the molecule is CCCCCCCC1CN=C(N)N1c1ccc(Br)cc1. The van der Waals surface area contributed by atoms with Gasteiger partial charge in [-0.15, -0.1) is 0 Å². The standard InChI is InChI=1S/C16H24BrN3/c1-2-3-4-5-6-7-15-12-19-16(18)20(15)14-10-8-13(17)9-11-14/h8-11,15H,2-7,12H2,1H3,(H2,18,19). The van der Waals surface area contributed by atoms with E-state index in [2.05, 4.69) is 57.0 Å². The predicted molar refractivity (Wildman–Crippen MR) is 90.3 cm³/mol. The second kappa shape index (κ2) is 7.67. The highest BCUT2D eigenvalue weighted by molar-refractivity contribution is 9.10. The van der Waals surface area contributed by atoms with Gasteiger partial charge >= 0.3 is 0 Å². The summed E-state index contributed by atoms with van der Waals surface area (Å²) in [6.07, 6.45) is 7.74. The van der Waals surface area contributed by atoms with Crippen LogP contribution in [0.2, 0.25) is 0 Å². The van der Waals surface area contributed by atoms with Gasteiger partial charge in [0.25, 0.3) is 0 Å². The van der Waals surface area contributed by atoms with Crippen LogP contribution in [0.3, 0.4) is 0 Å². The molecule has 0 aromatic heterocycles. The van der Waals surface area contributed by atoms with Gasteiger partial charge in [-0.2, -0.15) is 0 Å². The summed E-state index contributed by atoms with van der Waals surface area (Å²) in [6.45, 7) is 3.08. The van der Waals surface area contributed by atoms with Gasteiger partial charge in [-0.25, -0.2) is 0 Å². The molecule has 20 heavy (non-hydrogen) atoms. The van der Waals surface area contributed by atoms with Crippen LogP contribution in [0.5, 0.6) is 0 Å². The van der Waals surface area contributed by atoms with Crippen molar-refractivity contribution < 1.29 is 0 Å². The molecule has 1 aromatic rings. The normalized spacial score (nSPS) is 18.4. The molecule has 3 nitrogen and oxygen atoms in total. The Morgan fingerprint density at radius 2 is 1.90 bits per heavy atom. The van der Waals surface area contributed by atoms with Crippen molar-refractivity contribution in [3.8, 4) is 0 Å². The first kappa shape index (κ1) is 15.4. The fourth-order valence-electron chi connectivity index (χ4n) is 2.69. The fourth-order valence-corrected chi connectivity index (χ4v) is 2.96. The van der Waals surface area contributed by atoms with Crippen LogP contribution in [-0.2, 0) is 0 Å². The molecule has 0 aliphatic carbocycles. The summed E-state index contributed by atoms with van der Waals surface area (Å²) < 4.78 is 1.09. The van der Waals surface area contributed by atoms with Gasteiger partial charge < -0.3 is 10.6 Å². The Morgan fingerprint density at radius 1 is 1.20 bits per heavy atom. The zero-order chi connectivity index (χ0) is 14.4. The van der Waals surface area contributed by atoms with E-state index >= 15 is 0 Å². The maximum Gasteiger partial charge on any atom is 0.196 e. The number of hydrogen-bond donors (Lipinski definition) is 1. The summed E-state index contributed by atoms with van der Waals surface area (Å²) >= 11 is 3.47. The average Bonchev–Trinajstić information content (AvgIpc) is 2.81. The minimum absolute atomic E-state index is 0.429. The van der Waals surface area contributed by atoms with Gasteiger partial charge in [0.2, 0.25) is 0 Å². The lowest BCUT2D eigenvalue weighted by Crippen LogP contribution is -2.40. The Bertz CT molecular complexity index is 442. The summed E-state index contributed by atoms with van der Waals surface area (Å²) in [5, 5.41) is 0. The monoisotopic (exact) mass is 337 g/mol. The number of guanidine groups is 1. The number of rotatable bonds is 7. The van der Waals surface area contributed by atoms with Crippen molar-refractivity contribution in [3.05, 3.63) is 28.7 Å². The number of benzene rings is 1. The number of halogens is 1. The molecule has 1 aliphatic rings. The van der Waals surface area contributed by atoms with Crippen molar-refractivity contribution in [2.45, 2.75) is 51.5 Å². The van der Waals surface area contributed by atoms with Crippen LogP contribution in [0.1, 0.15) is 45.4 Å². The Morgan fingerprint density at radius 3 is 2.60 bits per heavy atom. The number of aliphatic imine (C=N–C) groups is 1. The number of nitrogens with two attached hydrogens (primary N) is 1. The smallest absolute Gasteiger partial charge is 0.196 e. The lowest BCUT2D eigenvalue weighted by atomic mass is 10.1. The van der Waals surface area contributed by atoms with Crippen molar-refractivity contribution in [1.29, 1.82) is 0 Å². The van der Waals surface area contributed by atoms with Crippen molar-refractivity contribution in [1.82, 2.24) is 0 Å². The number of unbranched alkanes of at least 4 members (excludes halogenated alkanes) is 4. The minimum atomic E-state index is 0.429. The number of anilines is 1. The molecule has 0 bridgehead atoms.